The van der Waals surface area contributed by atoms with Crippen molar-refractivity contribution < 1.29 is 19.1 Å². The molecule has 1 rings (SSSR count). The van der Waals surface area contributed by atoms with Crippen LogP contribution in [-0.2, 0) is 9.47 Å². The molecule has 0 fully saturated rings. The third-order valence-electron chi connectivity index (χ3n) is 4.07. The lowest BCUT2D eigenvalue weighted by atomic mass is 10.1. The van der Waals surface area contributed by atoms with Gasteiger partial charge >= 0.3 is 11.9 Å². The minimum absolute atomic E-state index is 0.251. The van der Waals surface area contributed by atoms with Crippen LogP contribution in [0.5, 0.6) is 0 Å². The summed E-state index contributed by atoms with van der Waals surface area (Å²) in [6.45, 7) is 8.97. The summed E-state index contributed by atoms with van der Waals surface area (Å²) in [4.78, 5) is 24.0. The molecule has 0 amide bonds. The van der Waals surface area contributed by atoms with E-state index in [-0.39, 0.29) is 12.6 Å². The maximum atomic E-state index is 12.1. The van der Waals surface area contributed by atoms with Crippen LogP contribution in [0.25, 0.3) is 0 Å². The van der Waals surface area contributed by atoms with Gasteiger partial charge in [-0.1, -0.05) is 37.0 Å². The average Bonchev–Trinajstić information content (AvgIpc) is 2.64. The highest BCUT2D eigenvalue weighted by Crippen LogP contribution is 2.10. The van der Waals surface area contributed by atoms with E-state index in [9.17, 15) is 9.59 Å². The number of esters is 2. The number of rotatable bonds is 11. The predicted molar refractivity (Wildman–Crippen MR) is 109 cm³/mol. The monoisotopic (exact) mass is 372 g/mol. The van der Waals surface area contributed by atoms with Gasteiger partial charge in [-0.3, -0.25) is 0 Å². The molecule has 0 saturated heterocycles. The van der Waals surface area contributed by atoms with E-state index in [1.54, 1.807) is 24.3 Å². The molecule has 0 aliphatic carbocycles. The van der Waals surface area contributed by atoms with Crippen LogP contribution in [-0.4, -0.2) is 25.2 Å². The van der Waals surface area contributed by atoms with Gasteiger partial charge in [-0.2, -0.15) is 0 Å². The molecular weight excluding hydrogens is 340 g/mol. The Morgan fingerprint density at radius 1 is 0.889 bits per heavy atom. The number of carbonyl (C=O) groups is 2. The van der Waals surface area contributed by atoms with Crippen molar-refractivity contribution in [1.29, 1.82) is 0 Å². The van der Waals surface area contributed by atoms with Gasteiger partial charge in [-0.15, -0.1) is 0 Å². The summed E-state index contributed by atoms with van der Waals surface area (Å²) in [6, 6.07) is 6.38. The Morgan fingerprint density at radius 2 is 1.48 bits per heavy atom. The normalized spacial score (nSPS) is 11.0. The Kier molecular flexibility index (Phi) is 10.8. The van der Waals surface area contributed by atoms with Crippen LogP contribution < -0.4 is 0 Å². The summed E-state index contributed by atoms with van der Waals surface area (Å²) in [5.41, 5.74) is 3.37. The molecule has 27 heavy (non-hydrogen) atoms. The molecule has 0 spiro atoms. The lowest BCUT2D eigenvalue weighted by molar-refractivity contribution is 0.0494. The number of carbonyl (C=O) groups excluding carboxylic acids is 2. The summed E-state index contributed by atoms with van der Waals surface area (Å²) >= 11 is 0. The largest absolute Gasteiger partial charge is 0.462 e. The van der Waals surface area contributed by atoms with Gasteiger partial charge in [0.2, 0.25) is 0 Å². The molecule has 0 aromatic heterocycles. The second-order valence-electron chi connectivity index (χ2n) is 6.89. The SMILES string of the molecule is CCCCCOC(=O)c1ccc(C(=O)OC/C=C(\C)CCC=C(C)C)cc1. The third kappa shape index (κ3) is 9.78. The van der Waals surface area contributed by atoms with E-state index in [1.165, 1.54) is 11.1 Å². The van der Waals surface area contributed by atoms with Crippen LogP contribution in [0.3, 0.4) is 0 Å². The fourth-order valence-corrected chi connectivity index (χ4v) is 2.38. The van der Waals surface area contributed by atoms with Crippen molar-refractivity contribution in [1.82, 2.24) is 0 Å². The van der Waals surface area contributed by atoms with Crippen LogP contribution in [0.1, 0.15) is 80.5 Å². The van der Waals surface area contributed by atoms with E-state index in [0.29, 0.717) is 17.7 Å². The van der Waals surface area contributed by atoms with Crippen molar-refractivity contribution in [3.63, 3.8) is 0 Å². The molecule has 0 N–H and O–H groups in total. The van der Waals surface area contributed by atoms with Crippen molar-refractivity contribution in [2.24, 2.45) is 0 Å². The zero-order chi connectivity index (χ0) is 20.1. The van der Waals surface area contributed by atoms with Crippen molar-refractivity contribution in [3.05, 3.63) is 58.7 Å². The van der Waals surface area contributed by atoms with E-state index in [4.69, 9.17) is 9.47 Å². The first-order valence-corrected chi connectivity index (χ1v) is 9.67. The molecule has 0 saturated carbocycles. The molecular formula is C23H32O4. The number of ether oxygens (including phenoxy) is 2. The maximum absolute atomic E-state index is 12.1. The van der Waals surface area contributed by atoms with Gasteiger partial charge < -0.3 is 9.47 Å². The van der Waals surface area contributed by atoms with Gasteiger partial charge in [-0.05, 0) is 70.4 Å². The summed E-state index contributed by atoms with van der Waals surface area (Å²) in [7, 11) is 0. The predicted octanol–water partition coefficient (Wildman–Crippen LogP) is 5.88. The number of unbranched alkanes of at least 4 members (excludes halogenated alkanes) is 2. The Hall–Kier alpha value is -2.36. The average molecular weight is 373 g/mol. The lowest BCUT2D eigenvalue weighted by Gasteiger charge is -2.06. The highest BCUT2D eigenvalue weighted by Gasteiger charge is 2.10. The molecule has 148 valence electrons. The zero-order valence-electron chi connectivity index (χ0n) is 17.0. The van der Waals surface area contributed by atoms with Crippen LogP contribution in [0, 0.1) is 0 Å². The van der Waals surface area contributed by atoms with Crippen LogP contribution in [0.15, 0.2) is 47.6 Å². The van der Waals surface area contributed by atoms with Crippen molar-refractivity contribution in [3.8, 4) is 0 Å². The van der Waals surface area contributed by atoms with Crippen molar-refractivity contribution >= 4 is 11.9 Å². The number of allylic oxidation sites excluding steroid dienone is 3. The van der Waals surface area contributed by atoms with Crippen molar-refractivity contribution in [2.45, 2.75) is 59.8 Å². The molecule has 0 aliphatic heterocycles. The molecule has 1 aromatic carbocycles. The molecule has 0 radical (unpaired) electrons. The first kappa shape index (κ1) is 22.7. The molecule has 0 aliphatic rings. The zero-order valence-corrected chi connectivity index (χ0v) is 17.0. The number of hydrogen-bond acceptors (Lipinski definition) is 4. The van der Waals surface area contributed by atoms with E-state index >= 15 is 0 Å². The summed E-state index contributed by atoms with van der Waals surface area (Å²) in [5.74, 6) is -0.757. The van der Waals surface area contributed by atoms with Crippen LogP contribution >= 0.6 is 0 Å². The Bertz CT molecular complexity index is 649. The quantitative estimate of drug-likeness (QED) is 0.276. The summed E-state index contributed by atoms with van der Waals surface area (Å²) in [6.07, 6.45) is 9.07. The minimum atomic E-state index is -0.397. The van der Waals surface area contributed by atoms with E-state index in [0.717, 1.165) is 32.1 Å². The molecule has 1 aromatic rings. The smallest absolute Gasteiger partial charge is 0.338 e. The topological polar surface area (TPSA) is 52.6 Å². The van der Waals surface area contributed by atoms with Crippen LogP contribution in [0.4, 0.5) is 0 Å². The molecule has 0 heterocycles. The van der Waals surface area contributed by atoms with E-state index in [1.807, 2.05) is 13.0 Å². The van der Waals surface area contributed by atoms with Crippen molar-refractivity contribution in [2.75, 3.05) is 13.2 Å². The highest BCUT2D eigenvalue weighted by atomic mass is 16.5. The first-order chi connectivity index (χ1) is 12.9. The second kappa shape index (κ2) is 12.9. The molecule has 0 bridgehead atoms. The van der Waals surface area contributed by atoms with E-state index in [2.05, 4.69) is 26.8 Å². The third-order valence-corrected chi connectivity index (χ3v) is 4.07. The molecule has 4 heteroatoms. The maximum Gasteiger partial charge on any atom is 0.338 e. The molecule has 0 unspecified atom stereocenters. The van der Waals surface area contributed by atoms with E-state index < -0.39 is 5.97 Å². The Labute approximate surface area is 163 Å². The Morgan fingerprint density at radius 3 is 2.04 bits per heavy atom. The summed E-state index contributed by atoms with van der Waals surface area (Å²) in [5, 5.41) is 0. The van der Waals surface area contributed by atoms with Gasteiger partial charge in [0, 0.05) is 0 Å². The second-order valence-corrected chi connectivity index (χ2v) is 6.89. The van der Waals surface area contributed by atoms with Gasteiger partial charge in [0.25, 0.3) is 0 Å². The fraction of sp³-hybridized carbons (Fsp3) is 0.478. The van der Waals surface area contributed by atoms with Gasteiger partial charge in [-0.25, -0.2) is 9.59 Å². The lowest BCUT2D eigenvalue weighted by Crippen LogP contribution is -2.08. The molecule has 4 nitrogen and oxygen atoms in total. The van der Waals surface area contributed by atoms with Gasteiger partial charge in [0.15, 0.2) is 0 Å². The minimum Gasteiger partial charge on any atom is -0.462 e. The highest BCUT2D eigenvalue weighted by molar-refractivity contribution is 5.93. The fourth-order valence-electron chi connectivity index (χ4n) is 2.38. The number of benzene rings is 1. The Balaban J connectivity index is 2.43. The van der Waals surface area contributed by atoms with Gasteiger partial charge in [0.1, 0.15) is 6.61 Å². The number of hydrogen-bond donors (Lipinski definition) is 0. The summed E-state index contributed by atoms with van der Waals surface area (Å²) < 4.78 is 10.5. The van der Waals surface area contributed by atoms with Crippen LogP contribution in [0.2, 0.25) is 0 Å². The van der Waals surface area contributed by atoms with Gasteiger partial charge in [0.05, 0.1) is 17.7 Å². The standard InChI is InChI=1S/C23H32O4/c1-5-6-7-16-26-22(24)20-11-13-21(14-12-20)23(25)27-17-15-19(4)10-8-9-18(2)3/h9,11-15H,5-8,10,16-17H2,1-4H3/b19-15+. The molecule has 0 atom stereocenters. The first-order valence-electron chi connectivity index (χ1n) is 9.67.